The van der Waals surface area contributed by atoms with Crippen molar-refractivity contribution < 1.29 is 9.47 Å². The minimum absolute atomic E-state index is 0.576. The lowest BCUT2D eigenvalue weighted by Gasteiger charge is -2.22. The summed E-state index contributed by atoms with van der Waals surface area (Å²) in [5, 5.41) is 6.79. The number of imidazole rings is 1. The molecule has 0 aliphatic carbocycles. The SMILES string of the molecule is c1cn2cc(-c3cnc4c(c3)NCCO4)nc(Nc3ccc(C4CCOCC4)cc3)c2n1. The van der Waals surface area contributed by atoms with Crippen molar-refractivity contribution in [2.45, 2.75) is 18.8 Å². The van der Waals surface area contributed by atoms with Crippen molar-refractivity contribution in [2.24, 2.45) is 0 Å². The van der Waals surface area contributed by atoms with Crippen LogP contribution in [0.3, 0.4) is 0 Å². The molecule has 1 fully saturated rings. The van der Waals surface area contributed by atoms with Gasteiger partial charge in [0.15, 0.2) is 11.5 Å². The van der Waals surface area contributed by atoms with Gasteiger partial charge in [-0.2, -0.15) is 0 Å². The molecule has 0 saturated carbocycles. The number of nitrogens with zero attached hydrogens (tertiary/aromatic N) is 4. The molecule has 4 aromatic rings. The van der Waals surface area contributed by atoms with Crippen molar-refractivity contribution >= 4 is 22.8 Å². The van der Waals surface area contributed by atoms with E-state index >= 15 is 0 Å². The summed E-state index contributed by atoms with van der Waals surface area (Å²) in [6.45, 7) is 3.08. The second-order valence-corrected chi connectivity index (χ2v) is 8.12. The predicted octanol–water partition coefficient (Wildman–Crippen LogP) is 4.23. The van der Waals surface area contributed by atoms with Gasteiger partial charge in [0.05, 0.1) is 11.4 Å². The number of aromatic nitrogens is 4. The molecule has 2 aliphatic rings. The highest BCUT2D eigenvalue weighted by Crippen LogP contribution is 2.32. The molecule has 0 bridgehead atoms. The van der Waals surface area contributed by atoms with Crippen LogP contribution in [-0.4, -0.2) is 45.7 Å². The van der Waals surface area contributed by atoms with Crippen molar-refractivity contribution in [2.75, 3.05) is 37.0 Å². The number of pyridine rings is 1. The summed E-state index contributed by atoms with van der Waals surface area (Å²) in [5.41, 5.74) is 5.72. The third-order valence-corrected chi connectivity index (χ3v) is 6.04. The van der Waals surface area contributed by atoms with E-state index < -0.39 is 0 Å². The molecule has 0 spiro atoms. The second-order valence-electron chi connectivity index (χ2n) is 8.12. The van der Waals surface area contributed by atoms with Crippen LogP contribution in [0.1, 0.15) is 24.3 Å². The molecule has 0 radical (unpaired) electrons. The molecule has 162 valence electrons. The Balaban J connectivity index is 1.31. The van der Waals surface area contributed by atoms with Crippen LogP contribution < -0.4 is 15.4 Å². The van der Waals surface area contributed by atoms with Gasteiger partial charge in [-0.05, 0) is 42.5 Å². The van der Waals surface area contributed by atoms with Crippen LogP contribution in [0, 0.1) is 0 Å². The highest BCUT2D eigenvalue weighted by molar-refractivity contribution is 5.75. The smallest absolute Gasteiger partial charge is 0.237 e. The standard InChI is InChI=1S/C24H24N6O2/c1-3-19(4-2-16(1)17-5-10-31-11-6-17)28-22-23-26-7-9-30(23)15-21(29-22)18-13-20-24(27-14-18)32-12-8-25-20/h1-4,7,9,13-15,17,25H,5-6,8,10-12H2,(H,28,29). The van der Waals surface area contributed by atoms with Crippen LogP contribution in [0.15, 0.2) is 55.1 Å². The molecule has 2 aliphatic heterocycles. The third kappa shape index (κ3) is 3.62. The lowest BCUT2D eigenvalue weighted by Crippen LogP contribution is -2.18. The van der Waals surface area contributed by atoms with Gasteiger partial charge in [0.1, 0.15) is 6.61 Å². The van der Waals surface area contributed by atoms with Crippen molar-refractivity contribution in [3.8, 4) is 17.1 Å². The Labute approximate surface area is 185 Å². The maximum absolute atomic E-state index is 5.60. The van der Waals surface area contributed by atoms with Crippen LogP contribution in [-0.2, 0) is 4.74 Å². The first kappa shape index (κ1) is 19.1. The van der Waals surface area contributed by atoms with Crippen molar-refractivity contribution in [1.82, 2.24) is 19.4 Å². The zero-order chi connectivity index (χ0) is 21.3. The van der Waals surface area contributed by atoms with Gasteiger partial charge in [-0.15, -0.1) is 0 Å². The number of ether oxygens (including phenoxy) is 2. The van der Waals surface area contributed by atoms with Crippen LogP contribution in [0.5, 0.6) is 5.88 Å². The Morgan fingerprint density at radius 3 is 2.81 bits per heavy atom. The molecule has 3 aromatic heterocycles. The zero-order valence-corrected chi connectivity index (χ0v) is 17.6. The maximum Gasteiger partial charge on any atom is 0.237 e. The number of rotatable bonds is 4. The van der Waals surface area contributed by atoms with Gasteiger partial charge in [0.2, 0.25) is 5.88 Å². The fraction of sp³-hybridized carbons (Fsp3) is 0.292. The Morgan fingerprint density at radius 2 is 1.94 bits per heavy atom. The Bertz CT molecular complexity index is 1250. The highest BCUT2D eigenvalue weighted by Gasteiger charge is 2.17. The summed E-state index contributed by atoms with van der Waals surface area (Å²) in [6, 6.07) is 10.6. The second kappa shape index (κ2) is 8.12. The number of fused-ring (bicyclic) bond motifs is 2. The molecular weight excluding hydrogens is 404 g/mol. The first-order valence-electron chi connectivity index (χ1n) is 11.0. The molecule has 32 heavy (non-hydrogen) atoms. The number of benzene rings is 1. The molecule has 0 unspecified atom stereocenters. The molecule has 8 nitrogen and oxygen atoms in total. The molecule has 2 N–H and O–H groups in total. The van der Waals surface area contributed by atoms with Gasteiger partial charge < -0.3 is 24.5 Å². The summed E-state index contributed by atoms with van der Waals surface area (Å²) in [4.78, 5) is 13.8. The van der Waals surface area contributed by atoms with E-state index in [2.05, 4.69) is 44.9 Å². The highest BCUT2D eigenvalue weighted by atomic mass is 16.5. The van der Waals surface area contributed by atoms with Crippen LogP contribution >= 0.6 is 0 Å². The van der Waals surface area contributed by atoms with E-state index in [1.54, 1.807) is 12.4 Å². The lowest BCUT2D eigenvalue weighted by atomic mass is 9.92. The molecule has 0 amide bonds. The van der Waals surface area contributed by atoms with E-state index in [1.807, 2.05) is 22.9 Å². The van der Waals surface area contributed by atoms with Crippen molar-refractivity contribution in [3.63, 3.8) is 0 Å². The first-order valence-corrected chi connectivity index (χ1v) is 11.0. The number of hydrogen-bond acceptors (Lipinski definition) is 7. The van der Waals surface area contributed by atoms with Gasteiger partial charge in [-0.25, -0.2) is 15.0 Å². The van der Waals surface area contributed by atoms with E-state index in [9.17, 15) is 0 Å². The van der Waals surface area contributed by atoms with Crippen LogP contribution in [0.4, 0.5) is 17.2 Å². The zero-order valence-electron chi connectivity index (χ0n) is 17.6. The van der Waals surface area contributed by atoms with E-state index in [0.29, 0.717) is 24.2 Å². The number of anilines is 3. The van der Waals surface area contributed by atoms with Crippen molar-refractivity contribution in [1.29, 1.82) is 0 Å². The quantitative estimate of drug-likeness (QED) is 0.503. The molecular formula is C24H24N6O2. The van der Waals surface area contributed by atoms with Gasteiger partial charge in [-0.3, -0.25) is 0 Å². The summed E-state index contributed by atoms with van der Waals surface area (Å²) in [7, 11) is 0. The minimum Gasteiger partial charge on any atom is -0.474 e. The molecule has 0 atom stereocenters. The Morgan fingerprint density at radius 1 is 1.06 bits per heavy atom. The summed E-state index contributed by atoms with van der Waals surface area (Å²) in [5.74, 6) is 1.91. The number of nitrogens with one attached hydrogen (secondary N) is 2. The summed E-state index contributed by atoms with van der Waals surface area (Å²) < 4.78 is 13.1. The van der Waals surface area contributed by atoms with Crippen LogP contribution in [0.2, 0.25) is 0 Å². The monoisotopic (exact) mass is 428 g/mol. The Kier molecular flexibility index (Phi) is 4.84. The molecule has 1 saturated heterocycles. The van der Waals surface area contributed by atoms with E-state index in [-0.39, 0.29) is 0 Å². The summed E-state index contributed by atoms with van der Waals surface area (Å²) >= 11 is 0. The average Bonchev–Trinajstić information content (AvgIpc) is 3.34. The lowest BCUT2D eigenvalue weighted by molar-refractivity contribution is 0.0853. The average molecular weight is 428 g/mol. The minimum atomic E-state index is 0.576. The number of hydrogen-bond donors (Lipinski definition) is 2. The van der Waals surface area contributed by atoms with Crippen molar-refractivity contribution in [3.05, 3.63) is 60.7 Å². The topological polar surface area (TPSA) is 85.6 Å². The molecule has 5 heterocycles. The van der Waals surface area contributed by atoms with E-state index in [1.165, 1.54) is 5.56 Å². The van der Waals surface area contributed by atoms with E-state index in [4.69, 9.17) is 14.5 Å². The normalized spacial score (nSPS) is 16.2. The van der Waals surface area contributed by atoms with E-state index in [0.717, 1.165) is 60.9 Å². The largest absolute Gasteiger partial charge is 0.474 e. The molecule has 6 rings (SSSR count). The fourth-order valence-electron chi connectivity index (χ4n) is 4.33. The summed E-state index contributed by atoms with van der Waals surface area (Å²) in [6.07, 6.45) is 9.63. The molecule has 1 aromatic carbocycles. The Hall–Kier alpha value is -3.65. The predicted molar refractivity (Wildman–Crippen MR) is 123 cm³/mol. The first-order chi connectivity index (χ1) is 15.8. The molecule has 8 heteroatoms. The van der Waals surface area contributed by atoms with Crippen LogP contribution in [0.25, 0.3) is 16.9 Å². The van der Waals surface area contributed by atoms with Gasteiger partial charge in [0, 0.05) is 55.8 Å². The van der Waals surface area contributed by atoms with Gasteiger partial charge >= 0.3 is 0 Å². The third-order valence-electron chi connectivity index (χ3n) is 6.04. The fourth-order valence-corrected chi connectivity index (χ4v) is 4.33. The van der Waals surface area contributed by atoms with Gasteiger partial charge in [0.25, 0.3) is 0 Å². The maximum atomic E-state index is 5.60. The van der Waals surface area contributed by atoms with Gasteiger partial charge in [-0.1, -0.05) is 12.1 Å².